The highest BCUT2D eigenvalue weighted by atomic mass is 35.5. The first-order valence-electron chi connectivity index (χ1n) is 7.58. The Kier molecular flexibility index (Phi) is 4.95. The topological polar surface area (TPSA) is 54.0 Å². The van der Waals surface area contributed by atoms with Gasteiger partial charge in [0.25, 0.3) is 5.91 Å². The summed E-state index contributed by atoms with van der Waals surface area (Å²) < 4.78 is 13.2. The van der Waals surface area contributed by atoms with Crippen molar-refractivity contribution in [1.82, 2.24) is 4.98 Å². The molecule has 0 fully saturated rings. The molecule has 3 rings (SSSR count). The van der Waals surface area contributed by atoms with E-state index in [9.17, 15) is 9.18 Å². The standard InChI is InChI=1S/C19H15ClFN3O/c1-12-4-2-3-5-15(12)19(25)24-18-9-7-14(11-22-18)23-13-6-8-17(21)16(20)10-13/h2-11,23H,1H3,(H,22,24,25). The minimum Gasteiger partial charge on any atom is -0.354 e. The van der Waals surface area contributed by atoms with Crippen LogP contribution in [0, 0.1) is 12.7 Å². The Hall–Kier alpha value is -2.92. The van der Waals surface area contributed by atoms with E-state index in [1.165, 1.54) is 12.1 Å². The van der Waals surface area contributed by atoms with Crippen LogP contribution in [0.15, 0.2) is 60.8 Å². The first-order chi connectivity index (χ1) is 12.0. The molecule has 126 valence electrons. The number of halogens is 2. The zero-order chi connectivity index (χ0) is 17.8. The first-order valence-corrected chi connectivity index (χ1v) is 7.96. The predicted octanol–water partition coefficient (Wildman–Crippen LogP) is 5.18. The van der Waals surface area contributed by atoms with Crippen LogP contribution in [-0.2, 0) is 0 Å². The molecule has 6 heteroatoms. The van der Waals surface area contributed by atoms with Crippen LogP contribution in [0.3, 0.4) is 0 Å². The average Bonchev–Trinajstić information content (AvgIpc) is 2.60. The molecule has 0 atom stereocenters. The number of pyridine rings is 1. The number of hydrogen-bond donors (Lipinski definition) is 2. The summed E-state index contributed by atoms with van der Waals surface area (Å²) in [5.74, 6) is -0.243. The van der Waals surface area contributed by atoms with E-state index < -0.39 is 5.82 Å². The van der Waals surface area contributed by atoms with Crippen LogP contribution in [-0.4, -0.2) is 10.9 Å². The predicted molar refractivity (Wildman–Crippen MR) is 98.1 cm³/mol. The van der Waals surface area contributed by atoms with Gasteiger partial charge in [-0.1, -0.05) is 29.8 Å². The molecule has 0 saturated heterocycles. The van der Waals surface area contributed by atoms with Crippen LogP contribution in [0.4, 0.5) is 21.6 Å². The Morgan fingerprint density at radius 2 is 1.84 bits per heavy atom. The van der Waals surface area contributed by atoms with Crippen molar-refractivity contribution in [3.05, 3.63) is 82.8 Å². The van der Waals surface area contributed by atoms with Crippen LogP contribution in [0.5, 0.6) is 0 Å². The van der Waals surface area contributed by atoms with Gasteiger partial charge in [0.05, 0.1) is 16.9 Å². The number of nitrogens with one attached hydrogen (secondary N) is 2. The third-order valence-corrected chi connectivity index (χ3v) is 3.89. The highest BCUT2D eigenvalue weighted by molar-refractivity contribution is 6.31. The number of anilines is 3. The van der Waals surface area contributed by atoms with Gasteiger partial charge in [-0.3, -0.25) is 4.79 Å². The summed E-state index contributed by atoms with van der Waals surface area (Å²) in [6, 6.07) is 15.1. The zero-order valence-electron chi connectivity index (χ0n) is 13.4. The summed E-state index contributed by atoms with van der Waals surface area (Å²) in [6.45, 7) is 1.88. The number of carbonyl (C=O) groups excluding carboxylic acids is 1. The molecular formula is C19H15ClFN3O. The second-order valence-electron chi connectivity index (χ2n) is 5.46. The van der Waals surface area contributed by atoms with Gasteiger partial charge in [-0.15, -0.1) is 0 Å². The lowest BCUT2D eigenvalue weighted by Gasteiger charge is -2.09. The quantitative estimate of drug-likeness (QED) is 0.678. The molecule has 1 amide bonds. The molecule has 0 aliphatic rings. The summed E-state index contributed by atoms with van der Waals surface area (Å²) in [5.41, 5.74) is 2.83. The summed E-state index contributed by atoms with van der Waals surface area (Å²) in [4.78, 5) is 16.5. The minimum atomic E-state index is -0.473. The van der Waals surface area contributed by atoms with Crippen LogP contribution >= 0.6 is 11.6 Å². The molecule has 3 aromatic rings. The first kappa shape index (κ1) is 16.9. The number of aryl methyl sites for hydroxylation is 1. The average molecular weight is 356 g/mol. The van der Waals surface area contributed by atoms with Crippen molar-refractivity contribution in [2.24, 2.45) is 0 Å². The highest BCUT2D eigenvalue weighted by Crippen LogP contribution is 2.23. The fourth-order valence-electron chi connectivity index (χ4n) is 2.29. The number of nitrogens with zero attached hydrogens (tertiary/aromatic N) is 1. The number of carbonyl (C=O) groups is 1. The molecule has 4 nitrogen and oxygen atoms in total. The molecule has 0 bridgehead atoms. The van der Waals surface area contributed by atoms with Gasteiger partial charge in [-0.25, -0.2) is 9.37 Å². The van der Waals surface area contributed by atoms with Gasteiger partial charge in [0.1, 0.15) is 11.6 Å². The van der Waals surface area contributed by atoms with Crippen LogP contribution < -0.4 is 10.6 Å². The van der Waals surface area contributed by atoms with Crippen molar-refractivity contribution >= 4 is 34.7 Å². The lowest BCUT2D eigenvalue weighted by molar-refractivity contribution is 0.102. The largest absolute Gasteiger partial charge is 0.354 e. The molecule has 2 aromatic carbocycles. The maximum Gasteiger partial charge on any atom is 0.257 e. The normalized spacial score (nSPS) is 10.4. The number of benzene rings is 2. The second-order valence-corrected chi connectivity index (χ2v) is 5.86. The molecule has 0 saturated carbocycles. The zero-order valence-corrected chi connectivity index (χ0v) is 14.1. The van der Waals surface area contributed by atoms with Gasteiger partial charge in [0, 0.05) is 11.3 Å². The van der Waals surface area contributed by atoms with Gasteiger partial charge in [-0.05, 0) is 48.9 Å². The number of rotatable bonds is 4. The molecule has 0 radical (unpaired) electrons. The maximum absolute atomic E-state index is 13.2. The van der Waals surface area contributed by atoms with E-state index in [2.05, 4.69) is 15.6 Å². The number of aromatic nitrogens is 1. The Morgan fingerprint density at radius 3 is 2.52 bits per heavy atom. The van der Waals surface area contributed by atoms with Gasteiger partial charge in [0.2, 0.25) is 0 Å². The van der Waals surface area contributed by atoms with Gasteiger partial charge in [-0.2, -0.15) is 0 Å². The van der Waals surface area contributed by atoms with Crippen molar-refractivity contribution < 1.29 is 9.18 Å². The molecular weight excluding hydrogens is 341 g/mol. The van der Waals surface area contributed by atoms with Crippen molar-refractivity contribution in [2.45, 2.75) is 6.92 Å². The van der Waals surface area contributed by atoms with E-state index >= 15 is 0 Å². The molecule has 1 heterocycles. The van der Waals surface area contributed by atoms with Gasteiger partial charge < -0.3 is 10.6 Å². The molecule has 0 aliphatic carbocycles. The lowest BCUT2D eigenvalue weighted by Crippen LogP contribution is -2.14. The number of hydrogen-bond acceptors (Lipinski definition) is 3. The Labute approximate surface area is 149 Å². The minimum absolute atomic E-state index is 0.0417. The fourth-order valence-corrected chi connectivity index (χ4v) is 2.47. The Bertz CT molecular complexity index is 913. The third kappa shape index (κ3) is 4.14. The molecule has 0 spiro atoms. The summed E-state index contributed by atoms with van der Waals surface area (Å²) in [5, 5.41) is 5.87. The lowest BCUT2D eigenvalue weighted by atomic mass is 10.1. The number of amides is 1. The Morgan fingerprint density at radius 1 is 1.08 bits per heavy atom. The maximum atomic E-state index is 13.2. The molecule has 1 aromatic heterocycles. The van der Waals surface area contributed by atoms with Crippen molar-refractivity contribution in [3.63, 3.8) is 0 Å². The van der Waals surface area contributed by atoms with Crippen molar-refractivity contribution in [2.75, 3.05) is 10.6 Å². The molecule has 0 unspecified atom stereocenters. The van der Waals surface area contributed by atoms with Gasteiger partial charge >= 0.3 is 0 Å². The van der Waals surface area contributed by atoms with Crippen molar-refractivity contribution in [3.8, 4) is 0 Å². The molecule has 25 heavy (non-hydrogen) atoms. The van der Waals surface area contributed by atoms with Gasteiger partial charge in [0.15, 0.2) is 0 Å². The molecule has 2 N–H and O–H groups in total. The highest BCUT2D eigenvalue weighted by Gasteiger charge is 2.09. The smallest absolute Gasteiger partial charge is 0.257 e. The van der Waals surface area contributed by atoms with E-state index in [1.54, 1.807) is 30.5 Å². The summed E-state index contributed by atoms with van der Waals surface area (Å²) >= 11 is 5.76. The van der Waals surface area contributed by atoms with E-state index in [1.807, 2.05) is 25.1 Å². The summed E-state index contributed by atoms with van der Waals surface area (Å²) in [6.07, 6.45) is 1.57. The van der Waals surface area contributed by atoms with Crippen molar-refractivity contribution in [1.29, 1.82) is 0 Å². The summed E-state index contributed by atoms with van der Waals surface area (Å²) in [7, 11) is 0. The third-order valence-electron chi connectivity index (χ3n) is 3.60. The monoisotopic (exact) mass is 355 g/mol. The van der Waals surface area contributed by atoms with E-state index in [-0.39, 0.29) is 10.9 Å². The van der Waals surface area contributed by atoms with E-state index in [0.29, 0.717) is 22.8 Å². The Balaban J connectivity index is 1.69. The SMILES string of the molecule is Cc1ccccc1C(=O)Nc1ccc(Nc2ccc(F)c(Cl)c2)cn1. The fraction of sp³-hybridized carbons (Fsp3) is 0.0526. The molecule has 0 aliphatic heterocycles. The van der Waals surface area contributed by atoms with E-state index in [4.69, 9.17) is 11.6 Å². The van der Waals surface area contributed by atoms with Crippen LogP contribution in [0.25, 0.3) is 0 Å². The van der Waals surface area contributed by atoms with Crippen LogP contribution in [0.2, 0.25) is 5.02 Å². The van der Waals surface area contributed by atoms with Crippen LogP contribution in [0.1, 0.15) is 15.9 Å². The second kappa shape index (κ2) is 7.32. The van der Waals surface area contributed by atoms with E-state index in [0.717, 1.165) is 5.56 Å².